The molecule has 0 N–H and O–H groups in total. The third-order valence-electron chi connectivity index (χ3n) is 2.97. The second kappa shape index (κ2) is 5.44. The SMILES string of the molecule is CS(=O)(=O)N1CCN(C(=O)c2ccc(Cl)nc2)CC1. The number of rotatable bonds is 2. The molecule has 104 valence electrons. The molecule has 19 heavy (non-hydrogen) atoms. The van der Waals surface area contributed by atoms with Crippen molar-refractivity contribution in [3.05, 3.63) is 29.0 Å². The van der Waals surface area contributed by atoms with Crippen molar-refractivity contribution in [1.82, 2.24) is 14.2 Å². The number of hydrogen-bond acceptors (Lipinski definition) is 4. The summed E-state index contributed by atoms with van der Waals surface area (Å²) in [5, 5.41) is 0.332. The molecule has 1 aliphatic heterocycles. The minimum absolute atomic E-state index is 0.155. The van der Waals surface area contributed by atoms with Crippen molar-refractivity contribution < 1.29 is 13.2 Å². The van der Waals surface area contributed by atoms with Crippen LogP contribution in [0.2, 0.25) is 5.15 Å². The van der Waals surface area contributed by atoms with Crippen molar-refractivity contribution in [3.63, 3.8) is 0 Å². The van der Waals surface area contributed by atoms with E-state index in [4.69, 9.17) is 11.6 Å². The van der Waals surface area contributed by atoms with Gasteiger partial charge in [0.15, 0.2) is 0 Å². The Morgan fingerprint density at radius 1 is 1.26 bits per heavy atom. The zero-order chi connectivity index (χ0) is 14.0. The highest BCUT2D eigenvalue weighted by Gasteiger charge is 2.26. The van der Waals surface area contributed by atoms with Gasteiger partial charge < -0.3 is 4.90 Å². The van der Waals surface area contributed by atoms with Crippen molar-refractivity contribution in [2.75, 3.05) is 32.4 Å². The highest BCUT2D eigenvalue weighted by molar-refractivity contribution is 7.88. The van der Waals surface area contributed by atoms with Gasteiger partial charge in [0.1, 0.15) is 5.15 Å². The summed E-state index contributed by atoms with van der Waals surface area (Å²) in [5.74, 6) is -0.155. The lowest BCUT2D eigenvalue weighted by atomic mass is 10.2. The first-order valence-corrected chi connectivity index (χ1v) is 7.96. The van der Waals surface area contributed by atoms with Gasteiger partial charge in [-0.25, -0.2) is 13.4 Å². The van der Waals surface area contributed by atoms with Crippen LogP contribution in [0.3, 0.4) is 0 Å². The van der Waals surface area contributed by atoms with E-state index in [9.17, 15) is 13.2 Å². The first kappa shape index (κ1) is 14.2. The lowest BCUT2D eigenvalue weighted by Crippen LogP contribution is -2.50. The number of nitrogens with zero attached hydrogens (tertiary/aromatic N) is 3. The Labute approximate surface area is 117 Å². The first-order chi connectivity index (χ1) is 8.88. The maximum atomic E-state index is 12.1. The van der Waals surface area contributed by atoms with Gasteiger partial charge in [0.05, 0.1) is 11.8 Å². The van der Waals surface area contributed by atoms with E-state index in [1.54, 1.807) is 17.0 Å². The average molecular weight is 304 g/mol. The Kier molecular flexibility index (Phi) is 4.07. The summed E-state index contributed by atoms with van der Waals surface area (Å²) >= 11 is 5.66. The molecule has 2 rings (SSSR count). The molecule has 2 heterocycles. The summed E-state index contributed by atoms with van der Waals surface area (Å²) in [4.78, 5) is 17.6. The van der Waals surface area contributed by atoms with Crippen molar-refractivity contribution in [2.45, 2.75) is 0 Å². The van der Waals surface area contributed by atoms with Gasteiger partial charge in [0.25, 0.3) is 5.91 Å². The Morgan fingerprint density at radius 2 is 1.89 bits per heavy atom. The van der Waals surface area contributed by atoms with E-state index in [1.165, 1.54) is 16.8 Å². The van der Waals surface area contributed by atoms with E-state index in [0.717, 1.165) is 0 Å². The van der Waals surface area contributed by atoms with Crippen LogP contribution >= 0.6 is 11.6 Å². The van der Waals surface area contributed by atoms with Crippen LogP contribution in [0.4, 0.5) is 0 Å². The van der Waals surface area contributed by atoms with Gasteiger partial charge in [-0.2, -0.15) is 4.31 Å². The fourth-order valence-electron chi connectivity index (χ4n) is 1.91. The van der Waals surface area contributed by atoms with Gasteiger partial charge in [0.2, 0.25) is 10.0 Å². The van der Waals surface area contributed by atoms with Gasteiger partial charge in [-0.3, -0.25) is 4.79 Å². The summed E-state index contributed by atoms with van der Waals surface area (Å²) in [6.45, 7) is 1.42. The fourth-order valence-corrected chi connectivity index (χ4v) is 2.85. The molecule has 0 unspecified atom stereocenters. The molecule has 1 aliphatic rings. The van der Waals surface area contributed by atoms with E-state index in [2.05, 4.69) is 4.98 Å². The van der Waals surface area contributed by atoms with Gasteiger partial charge >= 0.3 is 0 Å². The molecule has 0 bridgehead atoms. The molecule has 1 fully saturated rings. The topological polar surface area (TPSA) is 70.6 Å². The molecule has 6 nitrogen and oxygen atoms in total. The number of sulfonamides is 1. The molecule has 0 aromatic carbocycles. The largest absolute Gasteiger partial charge is 0.336 e. The quantitative estimate of drug-likeness (QED) is 0.744. The number of piperazine rings is 1. The second-order valence-corrected chi connectivity index (χ2v) is 6.69. The maximum absolute atomic E-state index is 12.1. The molecule has 8 heteroatoms. The van der Waals surface area contributed by atoms with E-state index in [1.807, 2.05) is 0 Å². The third kappa shape index (κ3) is 3.43. The van der Waals surface area contributed by atoms with Crippen LogP contribution in [0.5, 0.6) is 0 Å². The summed E-state index contributed by atoms with van der Waals surface area (Å²) in [6.07, 6.45) is 2.60. The van der Waals surface area contributed by atoms with Gasteiger partial charge in [-0.1, -0.05) is 11.6 Å². The molecule has 1 saturated heterocycles. The lowest BCUT2D eigenvalue weighted by Gasteiger charge is -2.33. The minimum atomic E-state index is -3.18. The number of amides is 1. The predicted octanol–water partition coefficient (Wildman–Crippen LogP) is 0.452. The molecule has 0 aliphatic carbocycles. The van der Waals surface area contributed by atoms with Crippen LogP contribution in [0.15, 0.2) is 18.3 Å². The number of aromatic nitrogens is 1. The van der Waals surface area contributed by atoms with Gasteiger partial charge in [-0.05, 0) is 12.1 Å². The minimum Gasteiger partial charge on any atom is -0.336 e. The smallest absolute Gasteiger partial charge is 0.255 e. The van der Waals surface area contributed by atoms with Crippen molar-refractivity contribution in [1.29, 1.82) is 0 Å². The van der Waals surface area contributed by atoms with E-state index in [-0.39, 0.29) is 5.91 Å². The Bertz CT molecular complexity index is 565. The van der Waals surface area contributed by atoms with Crippen LogP contribution in [0, 0.1) is 0 Å². The molecule has 0 saturated carbocycles. The highest BCUT2D eigenvalue weighted by Crippen LogP contribution is 2.11. The summed E-state index contributed by atoms with van der Waals surface area (Å²) in [7, 11) is -3.18. The molecule has 1 amide bonds. The fraction of sp³-hybridized carbons (Fsp3) is 0.455. The Morgan fingerprint density at radius 3 is 2.37 bits per heavy atom. The highest BCUT2D eigenvalue weighted by atomic mass is 35.5. The van der Waals surface area contributed by atoms with Crippen molar-refractivity contribution in [2.24, 2.45) is 0 Å². The predicted molar refractivity (Wildman–Crippen MR) is 71.6 cm³/mol. The maximum Gasteiger partial charge on any atom is 0.255 e. The molecular formula is C11H14ClN3O3S. The Balaban J connectivity index is 2.02. The molecule has 1 aromatic rings. The number of halogens is 1. The van der Waals surface area contributed by atoms with Crippen LogP contribution in [0.1, 0.15) is 10.4 Å². The normalized spacial score (nSPS) is 17.5. The zero-order valence-electron chi connectivity index (χ0n) is 10.4. The monoisotopic (exact) mass is 303 g/mol. The summed E-state index contributed by atoms with van der Waals surface area (Å²) in [5.41, 5.74) is 0.456. The van der Waals surface area contributed by atoms with E-state index < -0.39 is 10.0 Å². The number of carbonyl (C=O) groups is 1. The molecule has 0 atom stereocenters. The first-order valence-electron chi connectivity index (χ1n) is 5.74. The van der Waals surface area contributed by atoms with Gasteiger partial charge in [-0.15, -0.1) is 0 Å². The van der Waals surface area contributed by atoms with E-state index in [0.29, 0.717) is 36.9 Å². The average Bonchev–Trinajstić information content (AvgIpc) is 2.38. The molecule has 0 radical (unpaired) electrons. The number of carbonyl (C=O) groups excluding carboxylic acids is 1. The van der Waals surface area contributed by atoms with E-state index >= 15 is 0 Å². The third-order valence-corrected chi connectivity index (χ3v) is 4.50. The number of hydrogen-bond donors (Lipinski definition) is 0. The van der Waals surface area contributed by atoms with Crippen LogP contribution < -0.4 is 0 Å². The van der Waals surface area contributed by atoms with Crippen LogP contribution in [-0.4, -0.2) is 60.9 Å². The van der Waals surface area contributed by atoms with Crippen molar-refractivity contribution >= 4 is 27.5 Å². The Hall–Kier alpha value is -1.18. The van der Waals surface area contributed by atoms with Crippen LogP contribution in [0.25, 0.3) is 0 Å². The summed E-state index contributed by atoms with van der Waals surface area (Å²) < 4.78 is 24.1. The molecule has 1 aromatic heterocycles. The van der Waals surface area contributed by atoms with Gasteiger partial charge in [0, 0.05) is 32.4 Å². The molecular weight excluding hydrogens is 290 g/mol. The van der Waals surface area contributed by atoms with Crippen molar-refractivity contribution in [3.8, 4) is 0 Å². The summed E-state index contributed by atoms with van der Waals surface area (Å²) in [6, 6.07) is 3.17. The van der Waals surface area contributed by atoms with Crippen LogP contribution in [-0.2, 0) is 10.0 Å². The standard InChI is InChI=1S/C11H14ClN3O3S/c1-19(17,18)15-6-4-14(5-7-15)11(16)9-2-3-10(12)13-8-9/h2-3,8H,4-7H2,1H3. The zero-order valence-corrected chi connectivity index (χ0v) is 12.0. The molecule has 0 spiro atoms. The second-order valence-electron chi connectivity index (χ2n) is 4.32. The number of pyridine rings is 1. The lowest BCUT2D eigenvalue weighted by molar-refractivity contribution is 0.0698.